The lowest BCUT2D eigenvalue weighted by Crippen LogP contribution is -2.20. The minimum absolute atomic E-state index is 0.139. The van der Waals surface area contributed by atoms with Gasteiger partial charge in [-0.15, -0.1) is 0 Å². The Kier molecular flexibility index (Phi) is 6.87. The summed E-state index contributed by atoms with van der Waals surface area (Å²) in [5.41, 5.74) is 2.03. The molecule has 1 aromatic heterocycles. The summed E-state index contributed by atoms with van der Waals surface area (Å²) in [6, 6.07) is 28.3. The molecule has 1 heterocycles. The van der Waals surface area contributed by atoms with Gasteiger partial charge < -0.3 is 4.74 Å². The van der Waals surface area contributed by atoms with Crippen molar-refractivity contribution in [1.29, 1.82) is 0 Å². The number of ether oxygens (including phenoxy) is 1. The van der Waals surface area contributed by atoms with Gasteiger partial charge >= 0.3 is 5.69 Å². The van der Waals surface area contributed by atoms with Crippen molar-refractivity contribution in [1.82, 2.24) is 9.66 Å². The van der Waals surface area contributed by atoms with Gasteiger partial charge in [-0.25, -0.2) is 4.98 Å². The second kappa shape index (κ2) is 10.5. The number of para-hydroxylation sites is 1. The van der Waals surface area contributed by atoms with E-state index in [4.69, 9.17) is 4.74 Å². The molecule has 0 N–H and O–H groups in total. The number of nitro benzene ring substituents is 1. The largest absolute Gasteiger partial charge is 0.482 e. The van der Waals surface area contributed by atoms with E-state index in [0.29, 0.717) is 27.9 Å². The van der Waals surface area contributed by atoms with Crippen LogP contribution in [0.4, 0.5) is 5.69 Å². The van der Waals surface area contributed by atoms with Crippen molar-refractivity contribution < 1.29 is 9.66 Å². The summed E-state index contributed by atoms with van der Waals surface area (Å²) in [7, 11) is 0. The highest BCUT2D eigenvalue weighted by Gasteiger charge is 2.17. The molecule has 4 aromatic carbocycles. The molecule has 0 fully saturated rings. The normalized spacial score (nSPS) is 11.2. The van der Waals surface area contributed by atoms with Gasteiger partial charge in [0.25, 0.3) is 5.56 Å². The van der Waals surface area contributed by atoms with Crippen LogP contribution in [0, 0.1) is 10.1 Å². The molecule has 0 aliphatic rings. The maximum atomic E-state index is 13.3. The lowest BCUT2D eigenvalue weighted by atomic mass is 10.2. The third kappa shape index (κ3) is 5.31. The van der Waals surface area contributed by atoms with Crippen LogP contribution < -0.4 is 10.3 Å². The lowest BCUT2D eigenvalue weighted by Gasteiger charge is -2.10. The summed E-state index contributed by atoms with van der Waals surface area (Å²) in [5, 5.41) is 16.6. The highest BCUT2D eigenvalue weighted by atomic mass is 79.9. The molecule has 182 valence electrons. The molecule has 0 saturated carbocycles. The van der Waals surface area contributed by atoms with E-state index >= 15 is 0 Å². The Morgan fingerprint density at radius 2 is 1.70 bits per heavy atom. The second-order valence-electron chi connectivity index (χ2n) is 8.08. The van der Waals surface area contributed by atoms with Crippen LogP contribution in [0.1, 0.15) is 11.1 Å². The smallest absolute Gasteiger partial charge is 0.311 e. The molecule has 0 atom stereocenters. The number of hydrogen-bond donors (Lipinski definition) is 0. The van der Waals surface area contributed by atoms with E-state index in [2.05, 4.69) is 26.0 Å². The Balaban J connectivity index is 1.50. The zero-order valence-corrected chi connectivity index (χ0v) is 20.9. The van der Waals surface area contributed by atoms with Gasteiger partial charge in [0.1, 0.15) is 6.61 Å². The van der Waals surface area contributed by atoms with Gasteiger partial charge in [-0.1, -0.05) is 70.5 Å². The predicted molar refractivity (Wildman–Crippen MR) is 146 cm³/mol. The first kappa shape index (κ1) is 24.1. The number of aromatic nitrogens is 2. The molecule has 5 aromatic rings. The average Bonchev–Trinajstić information content (AvgIpc) is 2.93. The fourth-order valence-electron chi connectivity index (χ4n) is 3.75. The van der Waals surface area contributed by atoms with E-state index in [1.54, 1.807) is 24.3 Å². The Hall–Kier alpha value is -4.63. The number of benzene rings is 4. The molecule has 0 unspecified atom stereocenters. The first-order valence-electron chi connectivity index (χ1n) is 11.3. The van der Waals surface area contributed by atoms with Crippen molar-refractivity contribution in [2.75, 3.05) is 0 Å². The summed E-state index contributed by atoms with van der Waals surface area (Å²) >= 11 is 3.38. The number of hydrogen-bond acceptors (Lipinski definition) is 6. The zero-order valence-electron chi connectivity index (χ0n) is 19.3. The number of nitro groups is 1. The van der Waals surface area contributed by atoms with Crippen molar-refractivity contribution in [3.8, 4) is 17.1 Å². The average molecular weight is 555 g/mol. The predicted octanol–water partition coefficient (Wildman–Crippen LogP) is 6.20. The fraction of sp³-hybridized carbons (Fsp3) is 0.0357. The van der Waals surface area contributed by atoms with Gasteiger partial charge in [-0.3, -0.25) is 14.9 Å². The Labute approximate surface area is 219 Å². The molecule has 8 nitrogen and oxygen atoms in total. The standard InChI is InChI=1S/C28H19BrN4O4/c29-22-13-10-19(11-14-22)18-37-26-15-12-20(16-25(26)33(35)36)17-30-32-27(21-6-2-1-3-7-21)31-24-9-5-4-8-23(24)28(32)34/h1-17H,18H2. The Morgan fingerprint density at radius 3 is 2.46 bits per heavy atom. The van der Waals surface area contributed by atoms with Gasteiger partial charge in [-0.05, 0) is 42.0 Å². The molecular weight excluding hydrogens is 536 g/mol. The lowest BCUT2D eigenvalue weighted by molar-refractivity contribution is -0.385. The van der Waals surface area contributed by atoms with Crippen molar-refractivity contribution in [3.05, 3.63) is 133 Å². The molecule has 0 aliphatic heterocycles. The van der Waals surface area contributed by atoms with E-state index < -0.39 is 4.92 Å². The topological polar surface area (TPSA) is 99.6 Å². The van der Waals surface area contributed by atoms with E-state index in [9.17, 15) is 14.9 Å². The molecular formula is C28H19BrN4O4. The van der Waals surface area contributed by atoms with Gasteiger partial charge in [0.15, 0.2) is 11.6 Å². The van der Waals surface area contributed by atoms with Crippen LogP contribution in [0.3, 0.4) is 0 Å². The molecule has 5 rings (SSSR count). The molecule has 0 radical (unpaired) electrons. The number of nitrogens with zero attached hydrogens (tertiary/aromatic N) is 4. The Morgan fingerprint density at radius 1 is 0.973 bits per heavy atom. The molecule has 0 aliphatic carbocycles. The summed E-state index contributed by atoms with van der Waals surface area (Å²) in [5.74, 6) is 0.504. The van der Waals surface area contributed by atoms with Crippen molar-refractivity contribution >= 4 is 38.7 Å². The van der Waals surface area contributed by atoms with E-state index in [1.165, 1.54) is 23.0 Å². The third-order valence-electron chi connectivity index (χ3n) is 5.60. The van der Waals surface area contributed by atoms with Crippen molar-refractivity contribution in [2.24, 2.45) is 5.10 Å². The van der Waals surface area contributed by atoms with Crippen LogP contribution in [0.15, 0.2) is 111 Å². The molecule has 0 bridgehead atoms. The summed E-state index contributed by atoms with van der Waals surface area (Å²) in [6.45, 7) is 0.181. The van der Waals surface area contributed by atoms with E-state index in [0.717, 1.165) is 10.0 Å². The molecule has 0 amide bonds. The molecule has 0 saturated heterocycles. The minimum atomic E-state index is -0.507. The van der Waals surface area contributed by atoms with Gasteiger partial charge in [0.05, 0.1) is 22.0 Å². The third-order valence-corrected chi connectivity index (χ3v) is 6.12. The van der Waals surface area contributed by atoms with Crippen LogP contribution in [0.2, 0.25) is 0 Å². The van der Waals surface area contributed by atoms with Crippen LogP contribution in [0.25, 0.3) is 22.3 Å². The molecule has 37 heavy (non-hydrogen) atoms. The van der Waals surface area contributed by atoms with Gasteiger partial charge in [0.2, 0.25) is 0 Å². The maximum absolute atomic E-state index is 13.3. The number of halogens is 1. The van der Waals surface area contributed by atoms with Crippen LogP contribution in [0.5, 0.6) is 5.75 Å². The highest BCUT2D eigenvalue weighted by Crippen LogP contribution is 2.28. The number of fused-ring (bicyclic) bond motifs is 1. The van der Waals surface area contributed by atoms with Crippen LogP contribution >= 0.6 is 15.9 Å². The number of rotatable bonds is 7. The van der Waals surface area contributed by atoms with Crippen LogP contribution in [-0.2, 0) is 6.61 Å². The molecule has 0 spiro atoms. The van der Waals surface area contributed by atoms with Crippen molar-refractivity contribution in [2.45, 2.75) is 6.61 Å². The maximum Gasteiger partial charge on any atom is 0.311 e. The van der Waals surface area contributed by atoms with Crippen LogP contribution in [-0.4, -0.2) is 20.8 Å². The summed E-state index contributed by atoms with van der Waals surface area (Å²) < 4.78 is 7.86. The first-order valence-corrected chi connectivity index (χ1v) is 12.1. The van der Waals surface area contributed by atoms with E-state index in [1.807, 2.05) is 60.7 Å². The van der Waals surface area contributed by atoms with Gasteiger partial charge in [-0.2, -0.15) is 9.78 Å². The zero-order chi connectivity index (χ0) is 25.8. The van der Waals surface area contributed by atoms with Gasteiger partial charge in [0, 0.05) is 21.7 Å². The highest BCUT2D eigenvalue weighted by molar-refractivity contribution is 9.10. The second-order valence-corrected chi connectivity index (χ2v) is 9.00. The van der Waals surface area contributed by atoms with Crippen molar-refractivity contribution in [3.63, 3.8) is 0 Å². The SMILES string of the molecule is O=c1c2ccccc2nc(-c2ccccc2)n1N=Cc1ccc(OCc2ccc(Br)cc2)c([N+](=O)[O-])c1. The summed E-state index contributed by atoms with van der Waals surface area (Å²) in [4.78, 5) is 29.2. The quantitative estimate of drug-likeness (QED) is 0.135. The molecule has 9 heteroatoms. The Bertz CT molecular complexity index is 1680. The first-order chi connectivity index (χ1) is 18.0. The summed E-state index contributed by atoms with van der Waals surface area (Å²) in [6.07, 6.45) is 1.40. The van der Waals surface area contributed by atoms with E-state index in [-0.39, 0.29) is 23.6 Å². The minimum Gasteiger partial charge on any atom is -0.482 e. The monoisotopic (exact) mass is 554 g/mol. The fourth-order valence-corrected chi connectivity index (χ4v) is 4.01.